The minimum absolute atomic E-state index is 0.0161. The minimum atomic E-state index is -4.59. The third-order valence-corrected chi connectivity index (χ3v) is 4.09. The third kappa shape index (κ3) is 3.90. The average molecular weight is 370 g/mol. The number of aliphatic hydroxyl groups excluding tert-OH is 1. The maximum absolute atomic E-state index is 13.4. The average Bonchev–Trinajstić information content (AvgIpc) is 2.84. The van der Waals surface area contributed by atoms with Gasteiger partial charge in [-0.25, -0.2) is 9.78 Å². The van der Waals surface area contributed by atoms with Gasteiger partial charge >= 0.3 is 12.1 Å². The number of alkyl halides is 3. The van der Waals surface area contributed by atoms with E-state index in [1.54, 1.807) is 0 Å². The Morgan fingerprint density at radius 2 is 1.85 bits per heavy atom. The van der Waals surface area contributed by atoms with Crippen molar-refractivity contribution in [3.63, 3.8) is 0 Å². The van der Waals surface area contributed by atoms with E-state index in [1.165, 1.54) is 23.6 Å². The van der Waals surface area contributed by atoms with E-state index in [4.69, 9.17) is 5.11 Å². The Morgan fingerprint density at radius 3 is 2.31 bits per heavy atom. The van der Waals surface area contributed by atoms with Crippen LogP contribution in [-0.2, 0) is 24.7 Å². The van der Waals surface area contributed by atoms with E-state index in [-0.39, 0.29) is 23.4 Å². The number of nitrogens with zero attached hydrogens (tertiary/aromatic N) is 2. The van der Waals surface area contributed by atoms with Crippen LogP contribution in [-0.4, -0.2) is 25.7 Å². The number of hydrogen-bond acceptors (Lipinski definition) is 3. The van der Waals surface area contributed by atoms with Gasteiger partial charge in [-0.1, -0.05) is 32.9 Å². The molecule has 1 heterocycles. The number of carboxylic acids is 1. The lowest BCUT2D eigenvalue weighted by atomic mass is 9.95. The maximum Gasteiger partial charge on any atom is 0.416 e. The third-order valence-electron chi connectivity index (χ3n) is 4.09. The van der Waals surface area contributed by atoms with Crippen molar-refractivity contribution < 1.29 is 28.2 Å². The van der Waals surface area contributed by atoms with Crippen LogP contribution in [0, 0.1) is 6.92 Å². The highest BCUT2D eigenvalue weighted by atomic mass is 19.4. The number of carbonyl (C=O) groups is 1. The lowest BCUT2D eigenvalue weighted by Gasteiger charge is -2.22. The number of rotatable bonds is 4. The Bertz CT molecular complexity index is 833. The number of benzene rings is 1. The predicted molar refractivity (Wildman–Crippen MR) is 89.1 cm³/mol. The van der Waals surface area contributed by atoms with Crippen molar-refractivity contribution in [2.24, 2.45) is 0 Å². The second kappa shape index (κ2) is 6.75. The van der Waals surface area contributed by atoms with E-state index in [1.807, 2.05) is 20.8 Å². The van der Waals surface area contributed by atoms with Crippen molar-refractivity contribution in [2.45, 2.75) is 52.4 Å². The van der Waals surface area contributed by atoms with Crippen LogP contribution in [0.1, 0.15) is 59.5 Å². The number of aromatic carboxylic acids is 1. The smallest absolute Gasteiger partial charge is 0.416 e. The Labute approximate surface area is 149 Å². The van der Waals surface area contributed by atoms with Crippen LogP contribution in [0.25, 0.3) is 0 Å². The van der Waals surface area contributed by atoms with Gasteiger partial charge in [0.05, 0.1) is 12.2 Å². The van der Waals surface area contributed by atoms with Gasteiger partial charge in [0.25, 0.3) is 0 Å². The van der Waals surface area contributed by atoms with Gasteiger partial charge in [-0.2, -0.15) is 13.2 Å². The van der Waals surface area contributed by atoms with Crippen molar-refractivity contribution in [3.8, 4) is 0 Å². The zero-order chi connectivity index (χ0) is 19.9. The van der Waals surface area contributed by atoms with Crippen molar-refractivity contribution in [2.75, 3.05) is 0 Å². The summed E-state index contributed by atoms with van der Waals surface area (Å²) in [5.41, 5.74) is -1.14. The van der Waals surface area contributed by atoms with Gasteiger partial charge in [-0.05, 0) is 24.1 Å². The van der Waals surface area contributed by atoms with Crippen LogP contribution in [0.3, 0.4) is 0 Å². The molecule has 8 heteroatoms. The van der Waals surface area contributed by atoms with E-state index in [9.17, 15) is 23.1 Å². The summed E-state index contributed by atoms with van der Waals surface area (Å²) in [6.07, 6.45) is -4.59. The molecule has 0 atom stereocenters. The molecule has 0 radical (unpaired) electrons. The predicted octanol–water partition coefficient (Wildman–Crippen LogP) is 3.75. The molecule has 0 saturated carbocycles. The van der Waals surface area contributed by atoms with Gasteiger partial charge in [0.15, 0.2) is 5.69 Å². The van der Waals surface area contributed by atoms with E-state index >= 15 is 0 Å². The lowest BCUT2D eigenvalue weighted by molar-refractivity contribution is -0.138. The van der Waals surface area contributed by atoms with Gasteiger partial charge in [0, 0.05) is 17.7 Å². The fourth-order valence-corrected chi connectivity index (χ4v) is 2.80. The van der Waals surface area contributed by atoms with Crippen LogP contribution in [0.2, 0.25) is 0 Å². The number of aliphatic hydroxyl groups is 1. The van der Waals surface area contributed by atoms with Crippen molar-refractivity contribution in [1.82, 2.24) is 9.55 Å². The van der Waals surface area contributed by atoms with E-state index < -0.39 is 29.7 Å². The summed E-state index contributed by atoms with van der Waals surface area (Å²) < 4.78 is 41.8. The molecule has 2 N–H and O–H groups in total. The maximum atomic E-state index is 13.4. The van der Waals surface area contributed by atoms with Crippen LogP contribution < -0.4 is 0 Å². The molecule has 0 aliphatic heterocycles. The van der Waals surface area contributed by atoms with E-state index in [0.717, 1.165) is 6.07 Å². The highest BCUT2D eigenvalue weighted by Gasteiger charge is 2.34. The molecule has 142 valence electrons. The molecule has 0 aliphatic carbocycles. The highest BCUT2D eigenvalue weighted by molar-refractivity contribution is 5.86. The monoisotopic (exact) mass is 370 g/mol. The molecule has 5 nitrogen and oxygen atoms in total. The summed E-state index contributed by atoms with van der Waals surface area (Å²) in [7, 11) is 0. The summed E-state index contributed by atoms with van der Waals surface area (Å²) in [6.45, 7) is 6.31. The first kappa shape index (κ1) is 20.0. The Morgan fingerprint density at radius 1 is 1.23 bits per heavy atom. The Balaban J connectivity index is 2.64. The molecule has 26 heavy (non-hydrogen) atoms. The van der Waals surface area contributed by atoms with Crippen LogP contribution >= 0.6 is 0 Å². The number of aromatic nitrogens is 2. The normalized spacial score (nSPS) is 12.5. The summed E-state index contributed by atoms with van der Waals surface area (Å²) >= 11 is 0. The molecule has 0 saturated heterocycles. The minimum Gasteiger partial charge on any atom is -0.476 e. The van der Waals surface area contributed by atoms with Crippen LogP contribution in [0.15, 0.2) is 18.2 Å². The summed E-state index contributed by atoms with van der Waals surface area (Å²) in [6, 6.07) is 3.64. The van der Waals surface area contributed by atoms with Crippen LogP contribution in [0.5, 0.6) is 0 Å². The fourth-order valence-electron chi connectivity index (χ4n) is 2.80. The molecule has 0 bridgehead atoms. The SMILES string of the molecule is Cc1c(C(=O)O)nc(C(C)(C)C)n1Cc1ccc(CO)cc1C(F)(F)F. The second-order valence-electron chi connectivity index (χ2n) is 7.16. The zero-order valence-corrected chi connectivity index (χ0v) is 15.0. The molecule has 1 aromatic carbocycles. The first-order valence-electron chi connectivity index (χ1n) is 7.97. The number of halogens is 3. The first-order chi connectivity index (χ1) is 11.9. The number of carboxylic acid groups (broad SMARTS) is 1. The standard InChI is InChI=1S/C18H21F3N2O3/c1-10-14(15(25)26)22-16(17(2,3)4)23(10)8-12-6-5-11(9-24)7-13(12)18(19,20)21/h5-7,24H,8-9H2,1-4H3,(H,25,26). The molecule has 0 amide bonds. The largest absolute Gasteiger partial charge is 0.476 e. The molecular weight excluding hydrogens is 349 g/mol. The zero-order valence-electron chi connectivity index (χ0n) is 15.0. The lowest BCUT2D eigenvalue weighted by Crippen LogP contribution is -2.21. The van der Waals surface area contributed by atoms with Crippen molar-refractivity contribution in [3.05, 3.63) is 52.1 Å². The van der Waals surface area contributed by atoms with Gasteiger partial charge < -0.3 is 14.8 Å². The van der Waals surface area contributed by atoms with Gasteiger partial charge in [0.1, 0.15) is 5.82 Å². The summed E-state index contributed by atoms with van der Waals surface area (Å²) in [4.78, 5) is 15.5. The molecule has 0 aliphatic rings. The number of imidazole rings is 1. The molecular formula is C18H21F3N2O3. The Kier molecular flexibility index (Phi) is 5.19. The van der Waals surface area contributed by atoms with Crippen molar-refractivity contribution in [1.29, 1.82) is 0 Å². The molecule has 1 aromatic heterocycles. The topological polar surface area (TPSA) is 75.3 Å². The van der Waals surface area contributed by atoms with Crippen LogP contribution in [0.4, 0.5) is 13.2 Å². The molecule has 0 fully saturated rings. The van der Waals surface area contributed by atoms with Gasteiger partial charge in [-0.15, -0.1) is 0 Å². The number of hydrogen-bond donors (Lipinski definition) is 2. The fraction of sp³-hybridized carbons (Fsp3) is 0.444. The van der Waals surface area contributed by atoms with Crippen molar-refractivity contribution >= 4 is 5.97 Å². The quantitative estimate of drug-likeness (QED) is 0.860. The first-order valence-corrected chi connectivity index (χ1v) is 7.97. The summed E-state index contributed by atoms with van der Waals surface area (Å²) in [5.74, 6) is -0.829. The van der Waals surface area contributed by atoms with E-state index in [0.29, 0.717) is 11.5 Å². The molecule has 0 unspecified atom stereocenters. The summed E-state index contributed by atoms with van der Waals surface area (Å²) in [5, 5.41) is 18.4. The highest BCUT2D eigenvalue weighted by Crippen LogP contribution is 2.34. The second-order valence-corrected chi connectivity index (χ2v) is 7.16. The Hall–Kier alpha value is -2.35. The van der Waals surface area contributed by atoms with E-state index in [2.05, 4.69) is 4.98 Å². The molecule has 0 spiro atoms. The molecule has 2 rings (SSSR count). The van der Waals surface area contributed by atoms with Gasteiger partial charge in [0.2, 0.25) is 0 Å². The van der Waals surface area contributed by atoms with Gasteiger partial charge in [-0.3, -0.25) is 0 Å². The molecule has 2 aromatic rings.